The van der Waals surface area contributed by atoms with Crippen molar-refractivity contribution in [3.8, 4) is 11.5 Å². The summed E-state index contributed by atoms with van der Waals surface area (Å²) in [5.74, 6) is 1.43. The van der Waals surface area contributed by atoms with Crippen molar-refractivity contribution in [3.63, 3.8) is 0 Å². The van der Waals surface area contributed by atoms with E-state index in [1.54, 1.807) is 32.7 Å². The van der Waals surface area contributed by atoms with Crippen LogP contribution in [0.15, 0.2) is 42.7 Å². The Bertz CT molecular complexity index is 615. The highest BCUT2D eigenvalue weighted by molar-refractivity contribution is 5.76. The first-order valence-electron chi connectivity index (χ1n) is 7.09. The van der Waals surface area contributed by atoms with Gasteiger partial charge in [-0.1, -0.05) is 6.07 Å². The van der Waals surface area contributed by atoms with Crippen molar-refractivity contribution in [2.75, 3.05) is 14.2 Å². The molecule has 0 aliphatic rings. The third kappa shape index (κ3) is 4.48. The Kier molecular flexibility index (Phi) is 5.77. The van der Waals surface area contributed by atoms with E-state index in [0.717, 1.165) is 16.9 Å². The number of hydrogen-bond acceptors (Lipinski definition) is 4. The van der Waals surface area contributed by atoms with Crippen molar-refractivity contribution < 1.29 is 14.3 Å². The zero-order valence-electron chi connectivity index (χ0n) is 12.8. The van der Waals surface area contributed by atoms with Crippen LogP contribution in [0.1, 0.15) is 17.5 Å². The topological polar surface area (TPSA) is 60.5 Å². The smallest absolute Gasteiger partial charge is 0.220 e. The summed E-state index contributed by atoms with van der Waals surface area (Å²) in [6.07, 6.45) is 4.61. The number of pyridine rings is 1. The minimum Gasteiger partial charge on any atom is -0.497 e. The third-order valence-electron chi connectivity index (χ3n) is 3.33. The first kappa shape index (κ1) is 15.8. The van der Waals surface area contributed by atoms with E-state index in [-0.39, 0.29) is 5.91 Å². The van der Waals surface area contributed by atoms with Crippen molar-refractivity contribution >= 4 is 5.91 Å². The van der Waals surface area contributed by atoms with Gasteiger partial charge < -0.3 is 14.8 Å². The van der Waals surface area contributed by atoms with Gasteiger partial charge in [-0.05, 0) is 30.2 Å². The Hall–Kier alpha value is -2.56. The lowest BCUT2D eigenvalue weighted by Crippen LogP contribution is -2.23. The SMILES string of the molecule is COc1ccc(CNC(=O)CCc2cccnc2)c(OC)c1. The largest absolute Gasteiger partial charge is 0.497 e. The van der Waals surface area contributed by atoms with E-state index in [2.05, 4.69) is 10.3 Å². The predicted octanol–water partition coefficient (Wildman–Crippen LogP) is 2.35. The number of methoxy groups -OCH3 is 2. The highest BCUT2D eigenvalue weighted by atomic mass is 16.5. The van der Waals surface area contributed by atoms with Crippen molar-refractivity contribution in [3.05, 3.63) is 53.9 Å². The first-order chi connectivity index (χ1) is 10.7. The van der Waals surface area contributed by atoms with Gasteiger partial charge in [0, 0.05) is 37.0 Å². The second-order valence-electron chi connectivity index (χ2n) is 4.82. The Morgan fingerprint density at radius 2 is 2.09 bits per heavy atom. The average molecular weight is 300 g/mol. The van der Waals surface area contributed by atoms with Crippen molar-refractivity contribution in [2.24, 2.45) is 0 Å². The number of hydrogen-bond donors (Lipinski definition) is 1. The van der Waals surface area contributed by atoms with E-state index >= 15 is 0 Å². The van der Waals surface area contributed by atoms with Crippen LogP contribution in [0.4, 0.5) is 0 Å². The van der Waals surface area contributed by atoms with Crippen molar-refractivity contribution in [2.45, 2.75) is 19.4 Å². The summed E-state index contributed by atoms with van der Waals surface area (Å²) in [4.78, 5) is 16.0. The maximum atomic E-state index is 11.9. The number of rotatable bonds is 7. The minimum absolute atomic E-state index is 0.00160. The number of amides is 1. The second-order valence-corrected chi connectivity index (χ2v) is 4.82. The Morgan fingerprint density at radius 3 is 2.77 bits per heavy atom. The van der Waals surface area contributed by atoms with Gasteiger partial charge >= 0.3 is 0 Å². The molecular formula is C17H20N2O3. The van der Waals surface area contributed by atoms with E-state index in [4.69, 9.17) is 9.47 Å². The number of aromatic nitrogens is 1. The van der Waals surface area contributed by atoms with Crippen LogP contribution in [0, 0.1) is 0 Å². The second kappa shape index (κ2) is 8.02. The average Bonchev–Trinajstić information content (AvgIpc) is 2.58. The molecule has 0 spiro atoms. The molecular weight excluding hydrogens is 280 g/mol. The summed E-state index contributed by atoms with van der Waals surface area (Å²) >= 11 is 0. The van der Waals surface area contributed by atoms with Gasteiger partial charge in [0.2, 0.25) is 5.91 Å². The molecule has 0 radical (unpaired) electrons. The summed E-state index contributed by atoms with van der Waals surface area (Å²) in [6.45, 7) is 0.430. The molecule has 2 rings (SSSR count). The van der Waals surface area contributed by atoms with Crippen LogP contribution < -0.4 is 14.8 Å². The summed E-state index contributed by atoms with van der Waals surface area (Å²) < 4.78 is 10.5. The number of carbonyl (C=O) groups is 1. The van der Waals surface area contributed by atoms with Gasteiger partial charge in [-0.3, -0.25) is 9.78 Å². The van der Waals surface area contributed by atoms with Crippen molar-refractivity contribution in [1.29, 1.82) is 0 Å². The summed E-state index contributed by atoms with van der Waals surface area (Å²) in [7, 11) is 3.21. The molecule has 0 saturated heterocycles. The molecule has 0 aliphatic carbocycles. The number of benzene rings is 1. The van der Waals surface area contributed by atoms with Gasteiger partial charge in [-0.2, -0.15) is 0 Å². The van der Waals surface area contributed by atoms with Gasteiger partial charge in [-0.15, -0.1) is 0 Å². The summed E-state index contributed by atoms with van der Waals surface area (Å²) in [5, 5.41) is 2.90. The maximum Gasteiger partial charge on any atom is 0.220 e. The quantitative estimate of drug-likeness (QED) is 0.852. The zero-order valence-corrected chi connectivity index (χ0v) is 12.8. The molecule has 1 N–H and O–H groups in total. The van der Waals surface area contributed by atoms with Crippen LogP contribution in [0.3, 0.4) is 0 Å². The number of aryl methyl sites for hydroxylation is 1. The van der Waals surface area contributed by atoms with Crippen LogP contribution in [-0.2, 0) is 17.8 Å². The third-order valence-corrected chi connectivity index (χ3v) is 3.33. The molecule has 5 heteroatoms. The normalized spacial score (nSPS) is 10.1. The van der Waals surface area contributed by atoms with Gasteiger partial charge in [0.05, 0.1) is 14.2 Å². The fourth-order valence-corrected chi connectivity index (χ4v) is 2.08. The summed E-state index contributed by atoms with van der Waals surface area (Å²) in [5.41, 5.74) is 1.97. The van der Waals surface area contributed by atoms with Crippen LogP contribution >= 0.6 is 0 Å². The standard InChI is InChI=1S/C17H20N2O3/c1-21-15-7-6-14(16(10-15)22-2)12-19-17(20)8-5-13-4-3-9-18-11-13/h3-4,6-7,9-11H,5,8,12H2,1-2H3,(H,19,20). The molecule has 1 amide bonds. The van der Waals surface area contributed by atoms with Gasteiger partial charge in [0.15, 0.2) is 0 Å². The first-order valence-corrected chi connectivity index (χ1v) is 7.09. The molecule has 2 aromatic rings. The lowest BCUT2D eigenvalue weighted by Gasteiger charge is -2.11. The van der Waals surface area contributed by atoms with E-state index in [9.17, 15) is 4.79 Å². The highest BCUT2D eigenvalue weighted by Gasteiger charge is 2.07. The van der Waals surface area contributed by atoms with Crippen LogP contribution in [0.2, 0.25) is 0 Å². The lowest BCUT2D eigenvalue weighted by molar-refractivity contribution is -0.121. The molecule has 116 valence electrons. The molecule has 5 nitrogen and oxygen atoms in total. The van der Waals surface area contributed by atoms with Crippen molar-refractivity contribution in [1.82, 2.24) is 10.3 Å². The maximum absolute atomic E-state index is 11.9. The number of nitrogens with one attached hydrogen (secondary N) is 1. The fraction of sp³-hybridized carbons (Fsp3) is 0.294. The van der Waals surface area contributed by atoms with E-state index < -0.39 is 0 Å². The Balaban J connectivity index is 1.86. The van der Waals surface area contributed by atoms with Crippen LogP contribution in [-0.4, -0.2) is 25.1 Å². The molecule has 0 atom stereocenters. The molecule has 1 heterocycles. The summed E-state index contributed by atoms with van der Waals surface area (Å²) in [6, 6.07) is 9.37. The molecule has 22 heavy (non-hydrogen) atoms. The van der Waals surface area contributed by atoms with Gasteiger partial charge in [0.1, 0.15) is 11.5 Å². The zero-order chi connectivity index (χ0) is 15.8. The van der Waals surface area contributed by atoms with E-state index in [1.807, 2.05) is 24.3 Å². The van der Waals surface area contributed by atoms with Crippen LogP contribution in [0.5, 0.6) is 11.5 Å². The lowest BCUT2D eigenvalue weighted by atomic mass is 10.1. The predicted molar refractivity (Wildman–Crippen MR) is 84.0 cm³/mol. The molecule has 0 bridgehead atoms. The molecule has 1 aromatic heterocycles. The highest BCUT2D eigenvalue weighted by Crippen LogP contribution is 2.24. The number of ether oxygens (including phenoxy) is 2. The fourth-order valence-electron chi connectivity index (χ4n) is 2.08. The number of nitrogens with zero attached hydrogens (tertiary/aromatic N) is 1. The molecule has 1 aromatic carbocycles. The monoisotopic (exact) mass is 300 g/mol. The van der Waals surface area contributed by atoms with E-state index in [0.29, 0.717) is 25.1 Å². The molecule has 0 aliphatic heterocycles. The molecule has 0 fully saturated rings. The Labute approximate surface area is 130 Å². The number of carbonyl (C=O) groups excluding carboxylic acids is 1. The van der Waals surface area contributed by atoms with Gasteiger partial charge in [-0.25, -0.2) is 0 Å². The van der Waals surface area contributed by atoms with E-state index in [1.165, 1.54) is 0 Å². The van der Waals surface area contributed by atoms with Crippen LogP contribution in [0.25, 0.3) is 0 Å². The molecule has 0 saturated carbocycles. The minimum atomic E-state index is 0.00160. The van der Waals surface area contributed by atoms with Gasteiger partial charge in [0.25, 0.3) is 0 Å². The Morgan fingerprint density at radius 1 is 1.23 bits per heavy atom. The molecule has 0 unspecified atom stereocenters.